The molecule has 1 heterocycles. The molecule has 3 aromatic rings. The van der Waals surface area contributed by atoms with Crippen molar-refractivity contribution in [1.29, 1.82) is 0 Å². The van der Waals surface area contributed by atoms with Crippen LogP contribution < -0.4 is 10.1 Å². The Kier molecular flexibility index (Phi) is 5.59. The van der Waals surface area contributed by atoms with Crippen molar-refractivity contribution in [3.05, 3.63) is 80.3 Å². The van der Waals surface area contributed by atoms with Crippen LogP contribution >= 0.6 is 22.9 Å². The Morgan fingerprint density at radius 2 is 2.00 bits per heavy atom. The smallest absolute Gasteiger partial charge is 0.265 e. The van der Waals surface area contributed by atoms with E-state index in [1.165, 1.54) is 29.5 Å². The average Bonchev–Trinajstić information content (AvgIpc) is 3.08. The van der Waals surface area contributed by atoms with Crippen LogP contribution in [0.25, 0.3) is 0 Å². The fourth-order valence-electron chi connectivity index (χ4n) is 2.36. The van der Waals surface area contributed by atoms with Gasteiger partial charge in [0, 0.05) is 11.3 Å². The molecule has 1 N–H and O–H groups in total. The predicted molar refractivity (Wildman–Crippen MR) is 104 cm³/mol. The minimum Gasteiger partial charge on any atom is -0.489 e. The SMILES string of the molecule is Cc1ccc(C)c(OCc2csc(C(=O)Nc3ccc(F)c(Cl)c3)c2)c1. The number of amides is 1. The van der Waals surface area contributed by atoms with Gasteiger partial charge in [0.05, 0.1) is 9.90 Å². The minimum atomic E-state index is -0.522. The molecule has 6 heteroatoms. The lowest BCUT2D eigenvalue weighted by Gasteiger charge is -2.09. The second-order valence-electron chi connectivity index (χ2n) is 5.96. The summed E-state index contributed by atoms with van der Waals surface area (Å²) >= 11 is 7.06. The molecule has 0 spiro atoms. The highest BCUT2D eigenvalue weighted by Crippen LogP contribution is 2.24. The van der Waals surface area contributed by atoms with E-state index in [0.29, 0.717) is 17.2 Å². The van der Waals surface area contributed by atoms with Gasteiger partial charge in [-0.3, -0.25) is 4.79 Å². The van der Waals surface area contributed by atoms with Crippen molar-refractivity contribution < 1.29 is 13.9 Å². The first-order valence-corrected chi connectivity index (χ1v) is 9.22. The molecular weight excluding hydrogens is 373 g/mol. The van der Waals surface area contributed by atoms with Crippen LogP contribution in [-0.2, 0) is 6.61 Å². The van der Waals surface area contributed by atoms with Crippen LogP contribution in [0.15, 0.2) is 47.8 Å². The first-order valence-electron chi connectivity index (χ1n) is 7.96. The number of ether oxygens (including phenoxy) is 1. The number of anilines is 1. The minimum absolute atomic E-state index is 0.0309. The molecule has 0 saturated carbocycles. The maximum Gasteiger partial charge on any atom is 0.265 e. The Hall–Kier alpha value is -2.37. The largest absolute Gasteiger partial charge is 0.489 e. The first-order chi connectivity index (χ1) is 12.4. The number of aryl methyl sites for hydroxylation is 2. The van der Waals surface area contributed by atoms with E-state index in [2.05, 4.69) is 5.32 Å². The molecule has 0 atom stereocenters. The van der Waals surface area contributed by atoms with Gasteiger partial charge in [0.15, 0.2) is 0 Å². The summed E-state index contributed by atoms with van der Waals surface area (Å²) in [5.74, 6) is 0.0467. The van der Waals surface area contributed by atoms with Crippen LogP contribution in [0.5, 0.6) is 5.75 Å². The van der Waals surface area contributed by atoms with Crippen molar-refractivity contribution in [3.63, 3.8) is 0 Å². The Labute approximate surface area is 160 Å². The highest BCUT2D eigenvalue weighted by Gasteiger charge is 2.11. The van der Waals surface area contributed by atoms with Crippen LogP contribution in [0.1, 0.15) is 26.4 Å². The Balaban J connectivity index is 1.64. The van der Waals surface area contributed by atoms with Gasteiger partial charge in [-0.25, -0.2) is 4.39 Å². The quantitative estimate of drug-likeness (QED) is 0.582. The summed E-state index contributed by atoms with van der Waals surface area (Å²) in [5, 5.41) is 4.57. The number of nitrogens with one attached hydrogen (secondary N) is 1. The van der Waals surface area contributed by atoms with Gasteiger partial charge in [-0.05, 0) is 60.7 Å². The van der Waals surface area contributed by atoms with Gasteiger partial charge in [0.2, 0.25) is 0 Å². The maximum absolute atomic E-state index is 13.2. The van der Waals surface area contributed by atoms with Crippen molar-refractivity contribution in [2.75, 3.05) is 5.32 Å². The van der Waals surface area contributed by atoms with Gasteiger partial charge < -0.3 is 10.1 Å². The molecule has 3 nitrogen and oxygen atoms in total. The summed E-state index contributed by atoms with van der Waals surface area (Å²) in [5.41, 5.74) is 3.56. The van der Waals surface area contributed by atoms with Crippen LogP contribution in [0, 0.1) is 19.7 Å². The molecule has 0 bridgehead atoms. The van der Waals surface area contributed by atoms with Crippen molar-refractivity contribution in [2.45, 2.75) is 20.5 Å². The normalized spacial score (nSPS) is 10.6. The summed E-state index contributed by atoms with van der Waals surface area (Å²) in [4.78, 5) is 12.9. The third-order valence-corrected chi connectivity index (χ3v) is 5.06. The van der Waals surface area contributed by atoms with Gasteiger partial charge in [0.1, 0.15) is 18.2 Å². The van der Waals surface area contributed by atoms with Crippen LogP contribution in [0.2, 0.25) is 5.02 Å². The third-order valence-electron chi connectivity index (χ3n) is 3.79. The second kappa shape index (κ2) is 7.89. The van der Waals surface area contributed by atoms with Crippen molar-refractivity contribution >= 4 is 34.5 Å². The predicted octanol–water partition coefficient (Wildman–Crippen LogP) is 5.99. The van der Waals surface area contributed by atoms with E-state index < -0.39 is 5.82 Å². The number of hydrogen-bond donors (Lipinski definition) is 1. The molecule has 1 amide bonds. The molecule has 2 aromatic carbocycles. The van der Waals surface area contributed by atoms with E-state index in [-0.39, 0.29) is 10.9 Å². The molecule has 134 valence electrons. The van der Waals surface area contributed by atoms with Crippen molar-refractivity contribution in [2.24, 2.45) is 0 Å². The van der Waals surface area contributed by atoms with E-state index in [1.807, 2.05) is 37.4 Å². The molecule has 3 rings (SSSR count). The van der Waals surface area contributed by atoms with Crippen LogP contribution in [-0.4, -0.2) is 5.91 Å². The first kappa shape index (κ1) is 18.4. The molecule has 0 radical (unpaired) electrons. The highest BCUT2D eigenvalue weighted by molar-refractivity contribution is 7.12. The van der Waals surface area contributed by atoms with E-state index >= 15 is 0 Å². The highest BCUT2D eigenvalue weighted by atomic mass is 35.5. The average molecular weight is 390 g/mol. The van der Waals surface area contributed by atoms with Gasteiger partial charge in [-0.2, -0.15) is 0 Å². The summed E-state index contributed by atoms with van der Waals surface area (Å²) in [6.07, 6.45) is 0. The standard InChI is InChI=1S/C20H17ClFNO2S/c1-12-3-4-13(2)18(7-12)25-10-14-8-19(26-11-14)20(24)23-15-5-6-17(22)16(21)9-15/h3-9,11H,10H2,1-2H3,(H,23,24). The molecule has 0 fully saturated rings. The van der Waals surface area contributed by atoms with Gasteiger partial charge in [-0.15, -0.1) is 11.3 Å². The molecule has 1 aromatic heterocycles. The molecule has 0 unspecified atom stereocenters. The Morgan fingerprint density at radius 1 is 1.19 bits per heavy atom. The number of hydrogen-bond acceptors (Lipinski definition) is 3. The lowest BCUT2D eigenvalue weighted by molar-refractivity contribution is 0.103. The Morgan fingerprint density at radius 3 is 2.77 bits per heavy atom. The summed E-state index contributed by atoms with van der Waals surface area (Å²) in [7, 11) is 0. The molecule has 0 aliphatic heterocycles. The maximum atomic E-state index is 13.2. The lowest BCUT2D eigenvalue weighted by Crippen LogP contribution is -2.10. The van der Waals surface area contributed by atoms with Gasteiger partial charge in [-0.1, -0.05) is 23.7 Å². The number of carbonyl (C=O) groups is 1. The zero-order chi connectivity index (χ0) is 18.7. The monoisotopic (exact) mass is 389 g/mol. The van der Waals surface area contributed by atoms with E-state index in [4.69, 9.17) is 16.3 Å². The fraction of sp³-hybridized carbons (Fsp3) is 0.150. The topological polar surface area (TPSA) is 38.3 Å². The van der Waals surface area contributed by atoms with Gasteiger partial charge in [0.25, 0.3) is 5.91 Å². The zero-order valence-electron chi connectivity index (χ0n) is 14.3. The number of halogens is 2. The van der Waals surface area contributed by atoms with E-state index in [0.717, 1.165) is 22.4 Å². The molecule has 0 aliphatic carbocycles. The third kappa shape index (κ3) is 4.42. The van der Waals surface area contributed by atoms with E-state index in [9.17, 15) is 9.18 Å². The van der Waals surface area contributed by atoms with Crippen molar-refractivity contribution in [3.8, 4) is 5.75 Å². The summed E-state index contributed by atoms with van der Waals surface area (Å²) < 4.78 is 19.0. The summed E-state index contributed by atoms with van der Waals surface area (Å²) in [6.45, 7) is 4.40. The number of benzene rings is 2. The molecule has 0 saturated heterocycles. The second-order valence-corrected chi connectivity index (χ2v) is 7.28. The number of thiophene rings is 1. The summed E-state index contributed by atoms with van der Waals surface area (Å²) in [6, 6.07) is 11.9. The van der Waals surface area contributed by atoms with E-state index in [1.54, 1.807) is 6.07 Å². The number of carbonyl (C=O) groups excluding carboxylic acids is 1. The van der Waals surface area contributed by atoms with Crippen LogP contribution in [0.3, 0.4) is 0 Å². The molecule has 26 heavy (non-hydrogen) atoms. The zero-order valence-corrected chi connectivity index (χ0v) is 15.9. The number of rotatable bonds is 5. The fourth-order valence-corrected chi connectivity index (χ4v) is 3.33. The van der Waals surface area contributed by atoms with Crippen LogP contribution in [0.4, 0.5) is 10.1 Å². The molecule has 0 aliphatic rings. The molecular formula is C20H17ClFNO2S. The lowest BCUT2D eigenvalue weighted by atomic mass is 10.1. The van der Waals surface area contributed by atoms with Gasteiger partial charge >= 0.3 is 0 Å². The van der Waals surface area contributed by atoms with Crippen molar-refractivity contribution in [1.82, 2.24) is 0 Å². The Bertz CT molecular complexity index is 955.